The summed E-state index contributed by atoms with van der Waals surface area (Å²) in [6.45, 7) is 13.1. The van der Waals surface area contributed by atoms with Crippen LogP contribution >= 0.6 is 0 Å². The molecule has 0 aromatic heterocycles. The van der Waals surface area contributed by atoms with Crippen molar-refractivity contribution in [3.8, 4) is 0 Å². The molecule has 1 N–H and O–H groups in total. The second kappa shape index (κ2) is 11.1. The van der Waals surface area contributed by atoms with E-state index >= 15 is 0 Å². The summed E-state index contributed by atoms with van der Waals surface area (Å²) in [5, 5.41) is 3.18. The Morgan fingerprint density at radius 3 is 2.05 bits per heavy atom. The van der Waals surface area contributed by atoms with Crippen molar-refractivity contribution in [2.24, 2.45) is 0 Å². The monoisotopic (exact) mass is 284 g/mol. The van der Waals surface area contributed by atoms with Gasteiger partial charge in [0, 0.05) is 5.54 Å². The molecule has 0 fully saturated rings. The van der Waals surface area contributed by atoms with Crippen LogP contribution in [0.3, 0.4) is 0 Å². The molecule has 0 atom stereocenters. The van der Waals surface area contributed by atoms with Crippen LogP contribution in [0.1, 0.15) is 79.6 Å². The maximum atomic E-state index is 12.0. The zero-order valence-corrected chi connectivity index (χ0v) is 14.4. The number of nitrogens with zero attached hydrogens (tertiary/aromatic N) is 1. The van der Waals surface area contributed by atoms with Crippen molar-refractivity contribution in [2.45, 2.75) is 85.1 Å². The fourth-order valence-electron chi connectivity index (χ4n) is 2.48. The highest BCUT2D eigenvalue weighted by molar-refractivity contribution is 5.78. The van der Waals surface area contributed by atoms with E-state index in [1.807, 2.05) is 0 Å². The van der Waals surface area contributed by atoms with Crippen molar-refractivity contribution in [2.75, 3.05) is 19.6 Å². The van der Waals surface area contributed by atoms with Gasteiger partial charge in [-0.3, -0.25) is 9.69 Å². The van der Waals surface area contributed by atoms with Crippen LogP contribution in [0.2, 0.25) is 0 Å². The van der Waals surface area contributed by atoms with Gasteiger partial charge >= 0.3 is 0 Å². The van der Waals surface area contributed by atoms with Crippen molar-refractivity contribution >= 4 is 5.91 Å². The Hall–Kier alpha value is -0.570. The smallest absolute Gasteiger partial charge is 0.234 e. The van der Waals surface area contributed by atoms with Crippen LogP contribution in [-0.4, -0.2) is 36.0 Å². The molecule has 0 saturated carbocycles. The van der Waals surface area contributed by atoms with Crippen LogP contribution < -0.4 is 5.32 Å². The van der Waals surface area contributed by atoms with Crippen LogP contribution in [0.15, 0.2) is 0 Å². The maximum Gasteiger partial charge on any atom is 0.234 e. The molecule has 0 spiro atoms. The summed E-state index contributed by atoms with van der Waals surface area (Å²) >= 11 is 0. The van der Waals surface area contributed by atoms with Gasteiger partial charge in [0.15, 0.2) is 0 Å². The first-order valence-electron chi connectivity index (χ1n) is 8.48. The quantitative estimate of drug-likeness (QED) is 0.550. The third kappa shape index (κ3) is 10.2. The number of likely N-dealkylation sites (N-methyl/N-ethyl adjacent to an activating group) is 1. The van der Waals surface area contributed by atoms with Gasteiger partial charge in [-0.2, -0.15) is 0 Å². The zero-order chi connectivity index (χ0) is 15.4. The van der Waals surface area contributed by atoms with E-state index in [1.54, 1.807) is 0 Å². The molecule has 3 heteroatoms. The number of unbranched alkanes of at least 4 members (excludes halogenated alkanes) is 5. The van der Waals surface area contributed by atoms with Gasteiger partial charge < -0.3 is 5.32 Å². The highest BCUT2D eigenvalue weighted by atomic mass is 16.2. The molecule has 0 aromatic carbocycles. The summed E-state index contributed by atoms with van der Waals surface area (Å²) in [7, 11) is 0. The molecule has 120 valence electrons. The number of rotatable bonds is 12. The van der Waals surface area contributed by atoms with E-state index in [0.717, 1.165) is 19.5 Å². The first-order valence-corrected chi connectivity index (χ1v) is 8.48. The summed E-state index contributed by atoms with van der Waals surface area (Å²) in [6.07, 6.45) is 8.90. The minimum absolute atomic E-state index is 0.0744. The Bertz CT molecular complexity index is 247. The molecule has 0 rings (SSSR count). The molecular formula is C17H36N2O. The largest absolute Gasteiger partial charge is 0.350 e. The van der Waals surface area contributed by atoms with E-state index in [1.165, 1.54) is 38.5 Å². The average Bonchev–Trinajstić information content (AvgIpc) is 2.39. The molecule has 0 aliphatic rings. The van der Waals surface area contributed by atoms with Gasteiger partial charge in [-0.05, 0) is 33.4 Å². The Labute approximate surface area is 126 Å². The van der Waals surface area contributed by atoms with Crippen molar-refractivity contribution in [1.82, 2.24) is 10.2 Å². The van der Waals surface area contributed by atoms with Gasteiger partial charge in [-0.15, -0.1) is 0 Å². The highest BCUT2D eigenvalue weighted by Gasteiger charge is 2.20. The van der Waals surface area contributed by atoms with E-state index < -0.39 is 0 Å². The summed E-state index contributed by atoms with van der Waals surface area (Å²) in [6, 6.07) is 0. The number of carbonyl (C=O) groups is 1. The Morgan fingerprint density at radius 2 is 1.50 bits per heavy atom. The average molecular weight is 284 g/mol. The fourth-order valence-corrected chi connectivity index (χ4v) is 2.48. The second-order valence-electron chi connectivity index (χ2n) is 6.41. The Balaban J connectivity index is 3.84. The van der Waals surface area contributed by atoms with Crippen molar-refractivity contribution in [3.63, 3.8) is 0 Å². The number of nitrogens with one attached hydrogen (secondary N) is 1. The normalized spacial score (nSPS) is 11.9. The molecule has 20 heavy (non-hydrogen) atoms. The van der Waals surface area contributed by atoms with E-state index in [2.05, 4.69) is 44.8 Å². The predicted molar refractivity (Wildman–Crippen MR) is 88.0 cm³/mol. The molecule has 0 unspecified atom stereocenters. The third-order valence-electron chi connectivity index (χ3n) is 3.89. The molecule has 0 aliphatic carbocycles. The van der Waals surface area contributed by atoms with Crippen LogP contribution in [0.25, 0.3) is 0 Å². The summed E-state index contributed by atoms with van der Waals surface area (Å²) in [5.41, 5.74) is -0.0744. The molecule has 0 heterocycles. The minimum atomic E-state index is -0.0744. The number of carbonyl (C=O) groups excluding carboxylic acids is 1. The molecule has 0 bridgehead atoms. The van der Waals surface area contributed by atoms with Crippen LogP contribution in [-0.2, 0) is 4.79 Å². The maximum absolute atomic E-state index is 12.0. The van der Waals surface area contributed by atoms with Gasteiger partial charge in [0.2, 0.25) is 5.91 Å². The number of hydrogen-bond acceptors (Lipinski definition) is 2. The highest BCUT2D eigenvalue weighted by Crippen LogP contribution is 2.15. The molecule has 0 radical (unpaired) electrons. The number of hydrogen-bond donors (Lipinski definition) is 1. The molecule has 0 saturated heterocycles. The summed E-state index contributed by atoms with van der Waals surface area (Å²) in [5.74, 6) is 0.157. The fraction of sp³-hybridized carbons (Fsp3) is 0.941. The van der Waals surface area contributed by atoms with Gasteiger partial charge in [-0.25, -0.2) is 0 Å². The van der Waals surface area contributed by atoms with E-state index in [4.69, 9.17) is 0 Å². The van der Waals surface area contributed by atoms with Crippen molar-refractivity contribution in [3.05, 3.63) is 0 Å². The Kier molecular flexibility index (Phi) is 10.8. The summed E-state index contributed by atoms with van der Waals surface area (Å²) in [4.78, 5) is 14.2. The number of amides is 1. The lowest BCUT2D eigenvalue weighted by molar-refractivity contribution is -0.123. The Morgan fingerprint density at radius 1 is 0.950 bits per heavy atom. The first-order chi connectivity index (χ1) is 9.45. The van der Waals surface area contributed by atoms with E-state index in [-0.39, 0.29) is 11.4 Å². The minimum Gasteiger partial charge on any atom is -0.350 e. The van der Waals surface area contributed by atoms with Crippen molar-refractivity contribution < 1.29 is 4.79 Å². The standard InChI is InChI=1S/C17H36N2O/c1-6-9-10-11-12-13-14-17(4,5)18-16(20)15-19(7-2)8-3/h6-15H2,1-5H3,(H,18,20). The van der Waals surface area contributed by atoms with Gasteiger partial charge in [-0.1, -0.05) is 59.3 Å². The summed E-state index contributed by atoms with van der Waals surface area (Å²) < 4.78 is 0. The lowest BCUT2D eigenvalue weighted by Crippen LogP contribution is -2.47. The molecule has 0 aliphatic heterocycles. The van der Waals surface area contributed by atoms with Crippen molar-refractivity contribution in [1.29, 1.82) is 0 Å². The third-order valence-corrected chi connectivity index (χ3v) is 3.89. The lowest BCUT2D eigenvalue weighted by Gasteiger charge is -2.28. The second-order valence-corrected chi connectivity index (χ2v) is 6.41. The van der Waals surface area contributed by atoms with Gasteiger partial charge in [0.05, 0.1) is 6.54 Å². The SMILES string of the molecule is CCCCCCCCC(C)(C)NC(=O)CN(CC)CC. The van der Waals surface area contributed by atoms with E-state index in [0.29, 0.717) is 6.54 Å². The topological polar surface area (TPSA) is 32.3 Å². The molecule has 3 nitrogen and oxygen atoms in total. The first kappa shape index (κ1) is 19.4. The predicted octanol–water partition coefficient (Wildman–Crippen LogP) is 3.97. The van der Waals surface area contributed by atoms with Gasteiger partial charge in [0.1, 0.15) is 0 Å². The van der Waals surface area contributed by atoms with Crippen LogP contribution in [0.4, 0.5) is 0 Å². The van der Waals surface area contributed by atoms with Crippen LogP contribution in [0, 0.1) is 0 Å². The zero-order valence-electron chi connectivity index (χ0n) is 14.4. The molecule has 1 amide bonds. The molecule has 0 aromatic rings. The van der Waals surface area contributed by atoms with Gasteiger partial charge in [0.25, 0.3) is 0 Å². The lowest BCUT2D eigenvalue weighted by atomic mass is 9.96. The van der Waals surface area contributed by atoms with Crippen LogP contribution in [0.5, 0.6) is 0 Å². The molecular weight excluding hydrogens is 248 g/mol. The van der Waals surface area contributed by atoms with E-state index in [9.17, 15) is 4.79 Å².